The number of hydrogen-bond donors (Lipinski definition) is 3. The topological polar surface area (TPSA) is 93.6 Å². The van der Waals surface area contributed by atoms with Gasteiger partial charge in [-0.15, -0.1) is 0 Å². The maximum absolute atomic E-state index is 12.9. The van der Waals surface area contributed by atoms with Crippen LogP contribution in [0.15, 0.2) is 58.7 Å². The average molecular weight is 430 g/mol. The van der Waals surface area contributed by atoms with Crippen LogP contribution in [0.4, 0.5) is 5.69 Å². The second-order valence-electron chi connectivity index (χ2n) is 6.65. The molecule has 1 aromatic carbocycles. The molecule has 2 aromatic heterocycles. The van der Waals surface area contributed by atoms with E-state index in [1.807, 2.05) is 37.4 Å². The molecule has 3 N–H and O–H groups in total. The molecular formula is C20H23N5O2S2. The fraction of sp³-hybridized carbons (Fsp3) is 0.300. The molecule has 0 aliphatic carbocycles. The van der Waals surface area contributed by atoms with Crippen LogP contribution in [-0.4, -0.2) is 62.9 Å². The van der Waals surface area contributed by atoms with Crippen molar-refractivity contribution in [1.29, 1.82) is 0 Å². The van der Waals surface area contributed by atoms with E-state index in [-0.39, 0.29) is 6.61 Å². The Morgan fingerprint density at radius 2 is 2.24 bits per heavy atom. The molecule has 0 spiro atoms. The lowest BCUT2D eigenvalue weighted by molar-refractivity contribution is 0.292. The summed E-state index contributed by atoms with van der Waals surface area (Å²) in [6.07, 6.45) is 1.65. The summed E-state index contributed by atoms with van der Waals surface area (Å²) in [5, 5.41) is 15.0. The third-order valence-corrected chi connectivity index (χ3v) is 7.16. The van der Waals surface area contributed by atoms with Crippen LogP contribution in [0.25, 0.3) is 10.9 Å². The zero-order valence-electron chi connectivity index (χ0n) is 16.0. The Labute approximate surface area is 176 Å². The molecule has 29 heavy (non-hydrogen) atoms. The first-order chi connectivity index (χ1) is 14.2. The Kier molecular flexibility index (Phi) is 6.29. The second kappa shape index (κ2) is 9.08. The van der Waals surface area contributed by atoms with E-state index in [0.717, 1.165) is 40.4 Å². The lowest BCUT2D eigenvalue weighted by Gasteiger charge is -2.18. The SMILES string of the molecule is CN(c1cccc2cc(C3=NCC(CNCCO)S3)[nH]c12)S(=O)c1ccccn1. The summed E-state index contributed by atoms with van der Waals surface area (Å²) in [6.45, 7) is 2.31. The predicted molar refractivity (Wildman–Crippen MR) is 120 cm³/mol. The van der Waals surface area contributed by atoms with E-state index in [4.69, 9.17) is 5.11 Å². The van der Waals surface area contributed by atoms with Crippen LogP contribution in [0.3, 0.4) is 0 Å². The molecule has 1 aliphatic rings. The zero-order chi connectivity index (χ0) is 20.2. The van der Waals surface area contributed by atoms with Crippen LogP contribution in [0.2, 0.25) is 0 Å². The number of aliphatic imine (C=N–C) groups is 1. The van der Waals surface area contributed by atoms with Crippen molar-refractivity contribution in [2.24, 2.45) is 4.99 Å². The Morgan fingerprint density at radius 3 is 3.03 bits per heavy atom. The van der Waals surface area contributed by atoms with Gasteiger partial charge in [-0.05, 0) is 24.3 Å². The summed E-state index contributed by atoms with van der Waals surface area (Å²) in [5.41, 5.74) is 2.75. The first-order valence-corrected chi connectivity index (χ1v) is 11.4. The minimum atomic E-state index is -1.40. The lowest BCUT2D eigenvalue weighted by atomic mass is 10.2. The smallest absolute Gasteiger partial charge is 0.171 e. The van der Waals surface area contributed by atoms with Crippen LogP contribution in [0.5, 0.6) is 0 Å². The average Bonchev–Trinajstić information content (AvgIpc) is 3.40. The van der Waals surface area contributed by atoms with Gasteiger partial charge in [-0.3, -0.25) is 9.30 Å². The van der Waals surface area contributed by atoms with E-state index in [9.17, 15) is 4.21 Å². The molecule has 3 heterocycles. The van der Waals surface area contributed by atoms with E-state index >= 15 is 0 Å². The maximum atomic E-state index is 12.9. The van der Waals surface area contributed by atoms with Gasteiger partial charge in [0, 0.05) is 37.0 Å². The zero-order valence-corrected chi connectivity index (χ0v) is 17.7. The minimum Gasteiger partial charge on any atom is -0.395 e. The van der Waals surface area contributed by atoms with Gasteiger partial charge in [0.05, 0.1) is 30.0 Å². The number of fused-ring (bicyclic) bond motifs is 1. The summed E-state index contributed by atoms with van der Waals surface area (Å²) in [6, 6.07) is 13.5. The third kappa shape index (κ3) is 4.37. The van der Waals surface area contributed by atoms with Gasteiger partial charge in [-0.1, -0.05) is 30.0 Å². The van der Waals surface area contributed by atoms with Crippen LogP contribution < -0.4 is 9.62 Å². The van der Waals surface area contributed by atoms with Gasteiger partial charge in [0.15, 0.2) is 11.0 Å². The maximum Gasteiger partial charge on any atom is 0.171 e. The van der Waals surface area contributed by atoms with E-state index in [1.165, 1.54) is 0 Å². The summed E-state index contributed by atoms with van der Waals surface area (Å²) in [7, 11) is 0.410. The predicted octanol–water partition coefficient (Wildman–Crippen LogP) is 2.17. The molecule has 0 radical (unpaired) electrons. The van der Waals surface area contributed by atoms with Crippen molar-refractivity contribution in [1.82, 2.24) is 15.3 Å². The number of thioether (sulfide) groups is 1. The summed E-state index contributed by atoms with van der Waals surface area (Å²) in [4.78, 5) is 12.4. The molecule has 152 valence electrons. The Morgan fingerprint density at radius 1 is 1.34 bits per heavy atom. The molecule has 0 bridgehead atoms. The Hall–Kier alpha value is -2.20. The number of anilines is 1. The number of aliphatic hydroxyl groups is 1. The number of H-pyrrole nitrogens is 1. The van der Waals surface area contributed by atoms with Gasteiger partial charge < -0.3 is 15.4 Å². The van der Waals surface area contributed by atoms with Crippen molar-refractivity contribution in [2.45, 2.75) is 10.3 Å². The van der Waals surface area contributed by atoms with Crippen LogP contribution in [0, 0.1) is 0 Å². The van der Waals surface area contributed by atoms with E-state index in [2.05, 4.69) is 26.3 Å². The molecule has 1 aliphatic heterocycles. The highest BCUT2D eigenvalue weighted by Crippen LogP contribution is 2.32. The highest BCUT2D eigenvalue weighted by Gasteiger charge is 2.23. The number of hydrogen-bond acceptors (Lipinski definition) is 6. The number of aromatic nitrogens is 2. The normalized spacial score (nSPS) is 17.4. The largest absolute Gasteiger partial charge is 0.395 e. The lowest BCUT2D eigenvalue weighted by Crippen LogP contribution is -2.27. The van der Waals surface area contributed by atoms with Crippen molar-refractivity contribution >= 4 is 44.4 Å². The fourth-order valence-corrected chi connectivity index (χ4v) is 5.22. The molecule has 7 nitrogen and oxygen atoms in total. The quantitative estimate of drug-likeness (QED) is 0.477. The number of nitrogens with zero attached hydrogens (tertiary/aromatic N) is 3. The van der Waals surface area contributed by atoms with Gasteiger partial charge in [-0.2, -0.15) is 0 Å². The first kappa shape index (κ1) is 20.1. The third-order valence-electron chi connectivity index (χ3n) is 4.65. The molecule has 0 saturated heterocycles. The van der Waals surface area contributed by atoms with Crippen molar-refractivity contribution in [3.8, 4) is 0 Å². The molecule has 4 rings (SSSR count). The highest BCUT2D eigenvalue weighted by molar-refractivity contribution is 8.15. The summed E-state index contributed by atoms with van der Waals surface area (Å²) < 4.78 is 14.7. The molecule has 2 atom stereocenters. The van der Waals surface area contributed by atoms with Crippen molar-refractivity contribution < 1.29 is 9.32 Å². The number of benzene rings is 1. The number of aromatic amines is 1. The van der Waals surface area contributed by atoms with Gasteiger partial charge in [0.25, 0.3) is 0 Å². The van der Waals surface area contributed by atoms with Crippen molar-refractivity contribution in [2.75, 3.05) is 37.6 Å². The number of nitrogens with one attached hydrogen (secondary N) is 2. The molecule has 0 fully saturated rings. The number of rotatable bonds is 8. The molecule has 3 aromatic rings. The molecule has 0 saturated carbocycles. The van der Waals surface area contributed by atoms with Crippen molar-refractivity contribution in [3.05, 3.63) is 54.4 Å². The van der Waals surface area contributed by atoms with Gasteiger partial charge in [-0.25, -0.2) is 9.19 Å². The van der Waals surface area contributed by atoms with E-state index < -0.39 is 11.0 Å². The highest BCUT2D eigenvalue weighted by atomic mass is 32.2. The van der Waals surface area contributed by atoms with Crippen LogP contribution in [0.1, 0.15) is 5.69 Å². The van der Waals surface area contributed by atoms with Crippen molar-refractivity contribution in [3.63, 3.8) is 0 Å². The first-order valence-electron chi connectivity index (χ1n) is 9.39. The van der Waals surface area contributed by atoms with E-state index in [0.29, 0.717) is 16.8 Å². The molecule has 0 amide bonds. The van der Waals surface area contributed by atoms with Gasteiger partial charge in [0.1, 0.15) is 10.1 Å². The van der Waals surface area contributed by atoms with Gasteiger partial charge >= 0.3 is 0 Å². The van der Waals surface area contributed by atoms with Crippen LogP contribution in [-0.2, 0) is 11.0 Å². The fourth-order valence-electron chi connectivity index (χ4n) is 3.21. The Balaban J connectivity index is 1.56. The number of aliphatic hydroxyl groups excluding tert-OH is 1. The van der Waals surface area contributed by atoms with E-state index in [1.54, 1.807) is 28.3 Å². The van der Waals surface area contributed by atoms with Gasteiger partial charge in [0.2, 0.25) is 0 Å². The summed E-state index contributed by atoms with van der Waals surface area (Å²) in [5.74, 6) is 0. The number of pyridine rings is 1. The summed E-state index contributed by atoms with van der Waals surface area (Å²) >= 11 is 1.74. The molecule has 2 unspecified atom stereocenters. The minimum absolute atomic E-state index is 0.142. The monoisotopic (exact) mass is 429 g/mol. The van der Waals surface area contributed by atoms with Crippen LogP contribution >= 0.6 is 11.8 Å². The number of para-hydroxylation sites is 1. The molecule has 9 heteroatoms. The second-order valence-corrected chi connectivity index (χ2v) is 9.41. The standard InChI is InChI=1S/C20H23N5O2S2/c1-25(29(27)18-7-2-3-8-22-18)17-6-4-5-14-11-16(24-19(14)17)20-23-13-15(28-20)12-21-9-10-26/h2-8,11,15,21,24,26H,9-10,12-13H2,1H3. The molecular weight excluding hydrogens is 406 g/mol. The Bertz CT molecular complexity index is 1040.